The van der Waals surface area contributed by atoms with Crippen molar-refractivity contribution in [1.82, 2.24) is 15.0 Å². The zero-order valence-electron chi connectivity index (χ0n) is 32.0. The van der Waals surface area contributed by atoms with Gasteiger partial charge in [0.15, 0.2) is 17.5 Å². The Balaban J connectivity index is 0.998. The summed E-state index contributed by atoms with van der Waals surface area (Å²) in [4.78, 5) is 14.9. The molecule has 0 saturated carbocycles. The number of hydrogen-bond donors (Lipinski definition) is 0. The van der Waals surface area contributed by atoms with Gasteiger partial charge in [-0.1, -0.05) is 194 Å². The smallest absolute Gasteiger partial charge is 0.164 e. The molecule has 3 nitrogen and oxygen atoms in total. The van der Waals surface area contributed by atoms with E-state index in [0.717, 1.165) is 27.8 Å². The van der Waals surface area contributed by atoms with Gasteiger partial charge in [-0.2, -0.15) is 0 Å². The topological polar surface area (TPSA) is 38.7 Å². The fraction of sp³-hybridized carbons (Fsp3) is 0.0179. The summed E-state index contributed by atoms with van der Waals surface area (Å²) in [5, 5.41) is 2.56. The molecule has 2 aliphatic rings. The molecule has 12 rings (SSSR count). The van der Waals surface area contributed by atoms with Crippen LogP contribution in [-0.2, 0) is 5.41 Å². The summed E-state index contributed by atoms with van der Waals surface area (Å²) in [5.41, 5.74) is 17.7. The summed E-state index contributed by atoms with van der Waals surface area (Å²) in [6.07, 6.45) is 0. The van der Waals surface area contributed by atoms with Crippen molar-refractivity contribution in [1.29, 1.82) is 0 Å². The molecule has 59 heavy (non-hydrogen) atoms. The largest absolute Gasteiger partial charge is 0.208 e. The van der Waals surface area contributed by atoms with E-state index < -0.39 is 5.41 Å². The van der Waals surface area contributed by atoms with Crippen LogP contribution in [0.4, 0.5) is 0 Å². The lowest BCUT2D eigenvalue weighted by Crippen LogP contribution is -2.25. The standard InChI is InChI=1S/C56H35N3/c1-3-16-37(17-4-1)53-57-54(38-18-5-2-6-19-38)59-55(58-53)43-23-14-22-41(34-43)39-20-13-21-40(33-39)42-29-31-47-51(35-42)56(50-32-30-36-15-7-8-24-44(36)52(47)50)48-27-11-9-25-45(48)46-26-10-12-28-49(46)56/h1-35H. The van der Waals surface area contributed by atoms with Crippen LogP contribution in [0.2, 0.25) is 0 Å². The van der Waals surface area contributed by atoms with Gasteiger partial charge in [0.1, 0.15) is 0 Å². The van der Waals surface area contributed by atoms with Crippen LogP contribution < -0.4 is 0 Å². The van der Waals surface area contributed by atoms with Crippen molar-refractivity contribution in [2.45, 2.75) is 5.41 Å². The van der Waals surface area contributed by atoms with Crippen molar-refractivity contribution in [3.05, 3.63) is 235 Å². The Labute approximate surface area is 343 Å². The van der Waals surface area contributed by atoms with Crippen LogP contribution in [-0.4, -0.2) is 15.0 Å². The third kappa shape index (κ3) is 5.11. The summed E-state index contributed by atoms with van der Waals surface area (Å²) in [6, 6.07) is 76.5. The van der Waals surface area contributed by atoms with Crippen LogP contribution in [0, 0.1) is 0 Å². The van der Waals surface area contributed by atoms with E-state index in [1.165, 1.54) is 66.4 Å². The zero-order valence-corrected chi connectivity index (χ0v) is 32.0. The third-order valence-electron chi connectivity index (χ3n) is 12.3. The summed E-state index contributed by atoms with van der Waals surface area (Å²) >= 11 is 0. The molecule has 0 fully saturated rings. The number of aromatic nitrogens is 3. The number of fused-ring (bicyclic) bond motifs is 12. The normalized spacial score (nSPS) is 12.9. The second kappa shape index (κ2) is 13.2. The Morgan fingerprint density at radius 2 is 0.746 bits per heavy atom. The molecule has 2 aliphatic carbocycles. The van der Waals surface area contributed by atoms with E-state index in [9.17, 15) is 0 Å². The quantitative estimate of drug-likeness (QED) is 0.176. The molecule has 0 bridgehead atoms. The van der Waals surface area contributed by atoms with Gasteiger partial charge in [-0.25, -0.2) is 15.0 Å². The van der Waals surface area contributed by atoms with Gasteiger partial charge in [0.05, 0.1) is 5.41 Å². The second-order valence-corrected chi connectivity index (χ2v) is 15.5. The molecule has 10 aromatic rings. The van der Waals surface area contributed by atoms with Crippen LogP contribution in [0.15, 0.2) is 212 Å². The number of nitrogens with zero attached hydrogens (tertiary/aromatic N) is 3. The van der Waals surface area contributed by atoms with Gasteiger partial charge in [0.2, 0.25) is 0 Å². The predicted molar refractivity (Wildman–Crippen MR) is 241 cm³/mol. The van der Waals surface area contributed by atoms with Gasteiger partial charge in [-0.3, -0.25) is 0 Å². The zero-order chi connectivity index (χ0) is 38.9. The first-order valence-electron chi connectivity index (χ1n) is 20.2. The van der Waals surface area contributed by atoms with Crippen LogP contribution in [0.25, 0.3) is 89.4 Å². The van der Waals surface area contributed by atoms with Crippen LogP contribution in [0.5, 0.6) is 0 Å². The third-order valence-corrected chi connectivity index (χ3v) is 12.3. The van der Waals surface area contributed by atoms with E-state index in [0.29, 0.717) is 17.5 Å². The monoisotopic (exact) mass is 749 g/mol. The first-order chi connectivity index (χ1) is 29.2. The van der Waals surface area contributed by atoms with Crippen LogP contribution in [0.3, 0.4) is 0 Å². The lowest BCUT2D eigenvalue weighted by molar-refractivity contribution is 0.795. The molecule has 0 amide bonds. The van der Waals surface area contributed by atoms with E-state index in [1.807, 2.05) is 60.7 Å². The molecule has 0 atom stereocenters. The number of benzene rings is 9. The average Bonchev–Trinajstić information content (AvgIpc) is 3.79. The molecule has 1 heterocycles. The fourth-order valence-electron chi connectivity index (χ4n) is 9.74. The van der Waals surface area contributed by atoms with Gasteiger partial charge in [0, 0.05) is 16.7 Å². The highest BCUT2D eigenvalue weighted by molar-refractivity contribution is 6.06. The van der Waals surface area contributed by atoms with Crippen molar-refractivity contribution >= 4 is 10.8 Å². The number of hydrogen-bond acceptors (Lipinski definition) is 3. The maximum atomic E-state index is 5.01. The molecule has 0 N–H and O–H groups in total. The van der Waals surface area contributed by atoms with E-state index in [2.05, 4.69) is 152 Å². The minimum atomic E-state index is -0.425. The first-order valence-corrected chi connectivity index (χ1v) is 20.2. The summed E-state index contributed by atoms with van der Waals surface area (Å²) in [7, 11) is 0. The molecule has 9 aromatic carbocycles. The van der Waals surface area contributed by atoms with Gasteiger partial charge in [-0.15, -0.1) is 0 Å². The molecule has 1 spiro atoms. The maximum Gasteiger partial charge on any atom is 0.164 e. The Kier molecular flexibility index (Phi) is 7.45. The SMILES string of the molecule is c1ccc(-c2nc(-c3ccccc3)nc(-c3cccc(-c4cccc(-c5ccc6c(c5)C5(c7ccccc7-c7ccccc75)c5ccc7ccccc7c5-6)c4)c3)n2)cc1. The molecule has 274 valence electrons. The predicted octanol–water partition coefficient (Wildman–Crippen LogP) is 13.7. The molecular formula is C56H35N3. The molecule has 0 aliphatic heterocycles. The molecule has 3 heteroatoms. The van der Waals surface area contributed by atoms with Crippen molar-refractivity contribution in [2.75, 3.05) is 0 Å². The Hall–Kier alpha value is -7.75. The van der Waals surface area contributed by atoms with Gasteiger partial charge >= 0.3 is 0 Å². The maximum absolute atomic E-state index is 5.01. The lowest BCUT2D eigenvalue weighted by atomic mass is 9.70. The van der Waals surface area contributed by atoms with Gasteiger partial charge < -0.3 is 0 Å². The van der Waals surface area contributed by atoms with E-state index >= 15 is 0 Å². The Morgan fingerprint density at radius 1 is 0.271 bits per heavy atom. The summed E-state index contributed by atoms with van der Waals surface area (Å²) in [6.45, 7) is 0. The van der Waals surface area contributed by atoms with Crippen LogP contribution >= 0.6 is 0 Å². The minimum absolute atomic E-state index is 0.425. The van der Waals surface area contributed by atoms with Crippen LogP contribution in [0.1, 0.15) is 22.3 Å². The molecular weight excluding hydrogens is 715 g/mol. The van der Waals surface area contributed by atoms with Crippen molar-refractivity contribution < 1.29 is 0 Å². The highest BCUT2D eigenvalue weighted by Crippen LogP contribution is 2.64. The Bertz CT molecular complexity index is 3170. The first kappa shape index (κ1) is 33.4. The van der Waals surface area contributed by atoms with Crippen molar-refractivity contribution in [3.63, 3.8) is 0 Å². The summed E-state index contributed by atoms with van der Waals surface area (Å²) in [5.74, 6) is 1.95. The van der Waals surface area contributed by atoms with Crippen molar-refractivity contribution in [2.24, 2.45) is 0 Å². The molecule has 0 unspecified atom stereocenters. The van der Waals surface area contributed by atoms with Gasteiger partial charge in [-0.05, 0) is 95.7 Å². The second-order valence-electron chi connectivity index (χ2n) is 15.5. The highest BCUT2D eigenvalue weighted by Gasteiger charge is 2.52. The van der Waals surface area contributed by atoms with E-state index in [-0.39, 0.29) is 0 Å². The molecule has 0 saturated heterocycles. The number of rotatable bonds is 5. The highest BCUT2D eigenvalue weighted by atomic mass is 15.0. The van der Waals surface area contributed by atoms with Crippen molar-refractivity contribution in [3.8, 4) is 78.7 Å². The average molecular weight is 750 g/mol. The Morgan fingerprint density at radius 3 is 1.37 bits per heavy atom. The van der Waals surface area contributed by atoms with E-state index in [1.54, 1.807) is 0 Å². The van der Waals surface area contributed by atoms with E-state index in [4.69, 9.17) is 15.0 Å². The lowest BCUT2D eigenvalue weighted by Gasteiger charge is -2.31. The summed E-state index contributed by atoms with van der Waals surface area (Å²) < 4.78 is 0. The fourth-order valence-corrected chi connectivity index (χ4v) is 9.74. The molecule has 0 radical (unpaired) electrons. The molecule has 1 aromatic heterocycles. The van der Waals surface area contributed by atoms with Gasteiger partial charge in [0.25, 0.3) is 0 Å². The minimum Gasteiger partial charge on any atom is -0.208 e.